The fourth-order valence-electron chi connectivity index (χ4n) is 2.46. The summed E-state index contributed by atoms with van der Waals surface area (Å²) in [4.78, 5) is 22.7. The Morgan fingerprint density at radius 1 is 1.29 bits per heavy atom. The molecule has 3 atom stereocenters. The van der Waals surface area contributed by atoms with E-state index in [-0.39, 0.29) is 6.04 Å². The minimum absolute atomic E-state index is 0.237. The van der Waals surface area contributed by atoms with Gasteiger partial charge in [0.1, 0.15) is 18.0 Å². The molecule has 0 bridgehead atoms. The van der Waals surface area contributed by atoms with Crippen LogP contribution in [-0.4, -0.2) is 56.2 Å². The second-order valence-electron chi connectivity index (χ2n) is 5.33. The quantitative estimate of drug-likeness (QED) is 0.473. The molecule has 0 spiro atoms. The van der Waals surface area contributed by atoms with Gasteiger partial charge in [-0.3, -0.25) is 0 Å². The fraction of sp³-hybridized carbons (Fsp3) is 0.467. The smallest absolute Gasteiger partial charge is 0.426 e. The van der Waals surface area contributed by atoms with E-state index < -0.39 is 24.3 Å². The van der Waals surface area contributed by atoms with Crippen LogP contribution in [0.3, 0.4) is 0 Å². The van der Waals surface area contributed by atoms with Gasteiger partial charge in [0, 0.05) is 13.6 Å². The van der Waals surface area contributed by atoms with E-state index in [1.807, 2.05) is 24.3 Å². The van der Waals surface area contributed by atoms with Gasteiger partial charge in [-0.1, -0.05) is 12.1 Å². The zero-order valence-electron chi connectivity index (χ0n) is 13.5. The second kappa shape index (κ2) is 8.37. The average molecular weight is 338 g/mol. The molecule has 0 radical (unpaired) electrons. The van der Waals surface area contributed by atoms with Gasteiger partial charge in [0.2, 0.25) is 0 Å². The van der Waals surface area contributed by atoms with Crippen LogP contribution in [0.25, 0.3) is 0 Å². The first-order valence-electron chi connectivity index (χ1n) is 7.52. The molecule has 132 valence electrons. The first-order chi connectivity index (χ1) is 11.5. The van der Waals surface area contributed by atoms with E-state index in [4.69, 9.17) is 9.47 Å². The number of hydrazine groups is 1. The van der Waals surface area contributed by atoms with Crippen LogP contribution in [0.5, 0.6) is 5.75 Å². The SMILES string of the molecule is CNC(=O)NNC(=O)O[C@@H]1[C@@H](O)CN[C@@H]1Cc1ccc(OC)cc1. The van der Waals surface area contributed by atoms with Gasteiger partial charge in [-0.2, -0.15) is 0 Å². The molecule has 1 fully saturated rings. The standard InChI is InChI=1S/C15H22N4O5/c1-16-14(21)18-19-15(22)24-13-11(17-8-12(13)20)7-9-3-5-10(23-2)6-4-9/h3-6,11-13,17,20H,7-8H2,1-2H3,(H,19,22)(H2,16,18,21)/t11-,12+,13+/m1/s1. The van der Waals surface area contributed by atoms with Gasteiger partial charge < -0.3 is 25.2 Å². The Morgan fingerprint density at radius 2 is 2.00 bits per heavy atom. The van der Waals surface area contributed by atoms with Crippen LogP contribution in [-0.2, 0) is 11.2 Å². The summed E-state index contributed by atoms with van der Waals surface area (Å²) in [5.41, 5.74) is 5.22. The maximum Gasteiger partial charge on any atom is 0.426 e. The Kier molecular flexibility index (Phi) is 6.21. The van der Waals surface area contributed by atoms with Gasteiger partial charge in [-0.15, -0.1) is 0 Å². The average Bonchev–Trinajstić information content (AvgIpc) is 2.93. The Hall–Kier alpha value is -2.52. The largest absolute Gasteiger partial charge is 0.497 e. The molecule has 3 amide bonds. The van der Waals surface area contributed by atoms with Crippen LogP contribution in [0.15, 0.2) is 24.3 Å². The summed E-state index contributed by atoms with van der Waals surface area (Å²) in [6, 6.07) is 6.70. The van der Waals surface area contributed by atoms with Crippen molar-refractivity contribution in [1.82, 2.24) is 21.5 Å². The topological polar surface area (TPSA) is 121 Å². The number of benzene rings is 1. The first-order valence-corrected chi connectivity index (χ1v) is 7.52. The third kappa shape index (κ3) is 4.74. The van der Waals surface area contributed by atoms with Crippen molar-refractivity contribution in [2.45, 2.75) is 24.7 Å². The molecule has 1 heterocycles. The van der Waals surface area contributed by atoms with Crippen molar-refractivity contribution in [2.75, 3.05) is 20.7 Å². The summed E-state index contributed by atoms with van der Waals surface area (Å²) in [7, 11) is 3.01. The van der Waals surface area contributed by atoms with Gasteiger partial charge in [0.15, 0.2) is 0 Å². The van der Waals surface area contributed by atoms with Crippen LogP contribution >= 0.6 is 0 Å². The summed E-state index contributed by atoms with van der Waals surface area (Å²) in [6.45, 7) is 0.321. The number of β-amino-alcohol motifs (C(OH)–C–C–N with tert-alkyl or cyclic N) is 1. The highest BCUT2D eigenvalue weighted by Crippen LogP contribution is 2.19. The van der Waals surface area contributed by atoms with Crippen LogP contribution < -0.4 is 26.2 Å². The predicted octanol–water partition coefficient (Wildman–Crippen LogP) is -0.491. The van der Waals surface area contributed by atoms with Crippen molar-refractivity contribution in [2.24, 2.45) is 0 Å². The van der Waals surface area contributed by atoms with E-state index in [0.29, 0.717) is 13.0 Å². The van der Waals surface area contributed by atoms with Crippen molar-refractivity contribution in [3.05, 3.63) is 29.8 Å². The molecule has 2 rings (SSSR count). The Balaban J connectivity index is 1.91. The molecule has 0 unspecified atom stereocenters. The number of hydrogen-bond donors (Lipinski definition) is 5. The molecule has 1 aliphatic rings. The minimum Gasteiger partial charge on any atom is -0.497 e. The number of methoxy groups -OCH3 is 1. The number of ether oxygens (including phenoxy) is 2. The molecule has 1 saturated heterocycles. The van der Waals surface area contributed by atoms with Crippen LogP contribution in [0, 0.1) is 0 Å². The minimum atomic E-state index is -0.842. The second-order valence-corrected chi connectivity index (χ2v) is 5.33. The van der Waals surface area contributed by atoms with E-state index in [2.05, 4.69) is 21.5 Å². The lowest BCUT2D eigenvalue weighted by Crippen LogP contribution is -2.49. The number of carbonyl (C=O) groups is 2. The molecular formula is C15H22N4O5. The number of urea groups is 1. The number of hydrogen-bond acceptors (Lipinski definition) is 6. The lowest BCUT2D eigenvalue weighted by atomic mass is 10.0. The van der Waals surface area contributed by atoms with Gasteiger partial charge in [-0.25, -0.2) is 20.4 Å². The Morgan fingerprint density at radius 3 is 2.62 bits per heavy atom. The number of rotatable bonds is 4. The van der Waals surface area contributed by atoms with Gasteiger partial charge in [0.05, 0.1) is 13.2 Å². The predicted molar refractivity (Wildman–Crippen MR) is 85.5 cm³/mol. The third-order valence-corrected chi connectivity index (χ3v) is 3.73. The van der Waals surface area contributed by atoms with Gasteiger partial charge >= 0.3 is 12.1 Å². The number of aliphatic hydroxyl groups is 1. The van der Waals surface area contributed by atoms with Gasteiger partial charge in [-0.05, 0) is 24.1 Å². The van der Waals surface area contributed by atoms with Crippen LogP contribution in [0.2, 0.25) is 0 Å². The summed E-state index contributed by atoms with van der Waals surface area (Å²) in [6.07, 6.45) is -1.81. The summed E-state index contributed by atoms with van der Waals surface area (Å²) in [5.74, 6) is 0.755. The van der Waals surface area contributed by atoms with E-state index in [9.17, 15) is 14.7 Å². The number of nitrogens with one attached hydrogen (secondary N) is 4. The molecule has 1 aromatic carbocycles. The monoisotopic (exact) mass is 338 g/mol. The maximum absolute atomic E-state index is 11.7. The lowest BCUT2D eigenvalue weighted by Gasteiger charge is -2.22. The lowest BCUT2D eigenvalue weighted by molar-refractivity contribution is 0.0178. The molecule has 0 aliphatic carbocycles. The molecule has 5 N–H and O–H groups in total. The third-order valence-electron chi connectivity index (χ3n) is 3.73. The maximum atomic E-state index is 11.7. The Bertz CT molecular complexity index is 565. The Labute approximate surface area is 139 Å². The molecule has 9 heteroatoms. The highest BCUT2D eigenvalue weighted by molar-refractivity contribution is 5.77. The van der Waals surface area contributed by atoms with Crippen LogP contribution in [0.4, 0.5) is 9.59 Å². The highest BCUT2D eigenvalue weighted by Gasteiger charge is 2.37. The zero-order chi connectivity index (χ0) is 17.5. The van der Waals surface area contributed by atoms with Crippen molar-refractivity contribution in [1.29, 1.82) is 0 Å². The molecule has 1 aromatic rings. The van der Waals surface area contributed by atoms with Crippen molar-refractivity contribution in [3.63, 3.8) is 0 Å². The van der Waals surface area contributed by atoms with Crippen LogP contribution in [0.1, 0.15) is 5.56 Å². The first kappa shape index (κ1) is 17.8. The summed E-state index contributed by atoms with van der Waals surface area (Å²) < 4.78 is 10.3. The normalized spacial score (nSPS) is 22.5. The molecule has 0 saturated carbocycles. The van der Waals surface area contributed by atoms with E-state index in [1.54, 1.807) is 7.11 Å². The van der Waals surface area contributed by atoms with Gasteiger partial charge in [0.25, 0.3) is 0 Å². The van der Waals surface area contributed by atoms with E-state index >= 15 is 0 Å². The van der Waals surface area contributed by atoms with Crippen molar-refractivity contribution in [3.8, 4) is 5.75 Å². The highest BCUT2D eigenvalue weighted by atomic mass is 16.6. The van der Waals surface area contributed by atoms with E-state index in [0.717, 1.165) is 11.3 Å². The fourth-order valence-corrected chi connectivity index (χ4v) is 2.46. The molecule has 0 aromatic heterocycles. The molecular weight excluding hydrogens is 316 g/mol. The molecule has 1 aliphatic heterocycles. The van der Waals surface area contributed by atoms with E-state index in [1.165, 1.54) is 7.05 Å². The molecule has 24 heavy (non-hydrogen) atoms. The van der Waals surface area contributed by atoms with Crippen molar-refractivity contribution >= 4 is 12.1 Å². The number of aliphatic hydroxyl groups excluding tert-OH is 1. The number of amides is 3. The number of carbonyl (C=O) groups excluding carboxylic acids is 2. The molecule has 9 nitrogen and oxygen atoms in total. The zero-order valence-corrected chi connectivity index (χ0v) is 13.5. The summed E-state index contributed by atoms with van der Waals surface area (Å²) in [5, 5.41) is 15.4. The van der Waals surface area contributed by atoms with Crippen molar-refractivity contribution < 1.29 is 24.2 Å². The summed E-state index contributed by atoms with van der Waals surface area (Å²) >= 11 is 0.